The van der Waals surface area contributed by atoms with Crippen molar-refractivity contribution < 1.29 is 63.3 Å². The van der Waals surface area contributed by atoms with Crippen molar-refractivity contribution >= 4 is 27.6 Å². The van der Waals surface area contributed by atoms with Gasteiger partial charge in [-0.25, -0.2) is 12.8 Å². The van der Waals surface area contributed by atoms with Gasteiger partial charge in [-0.1, -0.05) is 6.07 Å². The molecular weight excluding hydrogens is 591 g/mol. The maximum atomic E-state index is 13.9. The summed E-state index contributed by atoms with van der Waals surface area (Å²) >= 11 is 0. The van der Waals surface area contributed by atoms with Gasteiger partial charge in [-0.3, -0.25) is 13.9 Å². The molecule has 0 unspecified atom stereocenters. The van der Waals surface area contributed by atoms with Crippen LogP contribution < -0.4 is 9.04 Å². The van der Waals surface area contributed by atoms with Crippen LogP contribution in [0.3, 0.4) is 0 Å². The zero-order valence-electron chi connectivity index (χ0n) is 21.2. The van der Waals surface area contributed by atoms with Gasteiger partial charge < -0.3 is 14.6 Å². The number of ether oxygens (including phenoxy) is 2. The average molecular weight is 614 g/mol. The Kier molecular flexibility index (Phi) is 7.46. The number of fused-ring (bicyclic) bond motifs is 1. The highest BCUT2D eigenvalue weighted by atomic mass is 32.2. The topological polar surface area (TPSA) is 110 Å². The molecule has 1 N–H and O–H groups in total. The van der Waals surface area contributed by atoms with Crippen LogP contribution in [-0.4, -0.2) is 49.9 Å². The Hall–Kier alpha value is -3.56. The van der Waals surface area contributed by atoms with E-state index in [1.807, 2.05) is 0 Å². The number of carboxylic acids is 1. The van der Waals surface area contributed by atoms with Gasteiger partial charge in [0.2, 0.25) is 5.60 Å². The number of carboxylic acid groups (broad SMARTS) is 1. The normalized spacial score (nSPS) is 21.1. The predicted molar refractivity (Wildman–Crippen MR) is 126 cm³/mol. The van der Waals surface area contributed by atoms with Crippen LogP contribution in [0.25, 0.3) is 0 Å². The number of nitrogens with zero attached hydrogens (tertiary/aromatic N) is 1. The zero-order chi connectivity index (χ0) is 30.7. The maximum absolute atomic E-state index is 13.9. The SMILES string of the molecule is CC(C)(OC(=O)Cc1ccc2c(c1)N(S(=O)(=O)c1ccc(F)c(C(F)(F)F)c1)C[C@H]([C@@H]1C[C@@H]1C(=O)O)O2)C(F)(F)F. The molecule has 16 heteroatoms. The Labute approximate surface area is 228 Å². The summed E-state index contributed by atoms with van der Waals surface area (Å²) in [6, 6.07) is 4.61. The van der Waals surface area contributed by atoms with E-state index in [0.717, 1.165) is 6.07 Å². The molecule has 224 valence electrons. The number of anilines is 1. The summed E-state index contributed by atoms with van der Waals surface area (Å²) in [6.07, 6.45) is -11.7. The number of hydrogen-bond donors (Lipinski definition) is 1. The molecule has 0 amide bonds. The third-order valence-corrected chi connectivity index (χ3v) is 8.56. The Morgan fingerprint density at radius 2 is 1.73 bits per heavy atom. The highest BCUT2D eigenvalue weighted by molar-refractivity contribution is 7.92. The highest BCUT2D eigenvalue weighted by Crippen LogP contribution is 2.48. The molecule has 0 aromatic heterocycles. The summed E-state index contributed by atoms with van der Waals surface area (Å²) in [5.41, 5.74) is -4.94. The number of esters is 1. The number of hydrogen-bond acceptors (Lipinski definition) is 6. The monoisotopic (exact) mass is 613 g/mol. The first-order valence-electron chi connectivity index (χ1n) is 11.9. The van der Waals surface area contributed by atoms with Gasteiger partial charge in [-0.15, -0.1) is 0 Å². The van der Waals surface area contributed by atoms with Gasteiger partial charge in [0.1, 0.15) is 17.7 Å². The van der Waals surface area contributed by atoms with E-state index in [2.05, 4.69) is 4.74 Å². The van der Waals surface area contributed by atoms with E-state index in [1.54, 1.807) is 0 Å². The lowest BCUT2D eigenvalue weighted by molar-refractivity contribution is -0.257. The minimum Gasteiger partial charge on any atom is -0.486 e. The first-order valence-corrected chi connectivity index (χ1v) is 13.4. The van der Waals surface area contributed by atoms with Gasteiger partial charge in [0, 0.05) is 5.92 Å². The smallest absolute Gasteiger partial charge is 0.427 e. The first-order chi connectivity index (χ1) is 18.7. The number of rotatable bonds is 7. The van der Waals surface area contributed by atoms with Gasteiger partial charge in [0.15, 0.2) is 0 Å². The second-order valence-electron chi connectivity index (χ2n) is 10.1. The Morgan fingerprint density at radius 1 is 1.07 bits per heavy atom. The van der Waals surface area contributed by atoms with Gasteiger partial charge in [0.05, 0.1) is 35.0 Å². The number of aliphatic carboxylic acids is 1. The molecule has 1 saturated carbocycles. The van der Waals surface area contributed by atoms with Gasteiger partial charge in [0.25, 0.3) is 10.0 Å². The largest absolute Gasteiger partial charge is 0.486 e. The zero-order valence-corrected chi connectivity index (χ0v) is 22.0. The van der Waals surface area contributed by atoms with Crippen LogP contribution in [0.1, 0.15) is 31.4 Å². The summed E-state index contributed by atoms with van der Waals surface area (Å²) < 4.78 is 131. The van der Waals surface area contributed by atoms with E-state index in [-0.39, 0.29) is 29.5 Å². The van der Waals surface area contributed by atoms with Crippen molar-refractivity contribution in [3.8, 4) is 5.75 Å². The van der Waals surface area contributed by atoms with E-state index < -0.39 is 87.1 Å². The number of alkyl halides is 6. The van der Waals surface area contributed by atoms with Crippen molar-refractivity contribution in [1.82, 2.24) is 0 Å². The molecular formula is C25H22F7NO7S. The summed E-state index contributed by atoms with van der Waals surface area (Å²) in [4.78, 5) is 22.7. The van der Waals surface area contributed by atoms with E-state index in [4.69, 9.17) is 4.74 Å². The van der Waals surface area contributed by atoms with Crippen LogP contribution in [0.15, 0.2) is 41.3 Å². The van der Waals surface area contributed by atoms with E-state index in [0.29, 0.717) is 30.3 Å². The van der Waals surface area contributed by atoms with E-state index >= 15 is 0 Å². The molecule has 0 radical (unpaired) electrons. The molecule has 1 fully saturated rings. The van der Waals surface area contributed by atoms with Crippen molar-refractivity contribution in [3.05, 3.63) is 53.3 Å². The molecule has 1 heterocycles. The highest BCUT2D eigenvalue weighted by Gasteiger charge is 2.53. The molecule has 1 aliphatic heterocycles. The molecule has 8 nitrogen and oxygen atoms in total. The van der Waals surface area contributed by atoms with Crippen LogP contribution >= 0.6 is 0 Å². The quantitative estimate of drug-likeness (QED) is 0.348. The standard InChI is InChI=1S/C25H22F7NO7S/c1-23(2,25(30,31)32)40-21(34)8-12-3-6-19-18(7-12)33(11-20(39-19)14-10-15(14)22(35)36)41(37,38)13-4-5-17(26)16(9-13)24(27,28)29/h3-7,9,14-15,20H,8,10-11H2,1-2H3,(H,35,36)/t14-,15+,20-/m1/s1. The molecule has 2 aliphatic rings. The van der Waals surface area contributed by atoms with Crippen molar-refractivity contribution in [1.29, 1.82) is 0 Å². The van der Waals surface area contributed by atoms with Gasteiger partial charge in [-0.05, 0) is 56.2 Å². The minimum atomic E-state index is -5.22. The Bertz CT molecular complexity index is 1490. The number of halogens is 7. The van der Waals surface area contributed by atoms with Crippen molar-refractivity contribution in [2.75, 3.05) is 10.8 Å². The summed E-state index contributed by atoms with van der Waals surface area (Å²) in [5.74, 6) is -5.76. The Balaban J connectivity index is 1.72. The molecule has 1 aliphatic carbocycles. The average Bonchev–Trinajstić information content (AvgIpc) is 3.63. The second-order valence-corrected chi connectivity index (χ2v) is 12.0. The molecule has 2 aromatic rings. The molecule has 0 bridgehead atoms. The lowest BCUT2D eigenvalue weighted by Crippen LogP contribution is -2.45. The van der Waals surface area contributed by atoms with E-state index in [1.165, 1.54) is 12.1 Å². The maximum Gasteiger partial charge on any atom is 0.427 e. The summed E-state index contributed by atoms with van der Waals surface area (Å²) in [6.45, 7) is 0.734. The van der Waals surface area contributed by atoms with Crippen molar-refractivity contribution in [2.45, 2.75) is 55.6 Å². The first kappa shape index (κ1) is 30.4. The third-order valence-electron chi connectivity index (χ3n) is 6.78. The minimum absolute atomic E-state index is 0.0149. The number of benzene rings is 2. The predicted octanol–water partition coefficient (Wildman–Crippen LogP) is 4.95. The van der Waals surface area contributed by atoms with Crippen LogP contribution in [0.2, 0.25) is 0 Å². The fourth-order valence-electron chi connectivity index (χ4n) is 4.34. The summed E-state index contributed by atoms with van der Waals surface area (Å²) in [5, 5.41) is 9.29. The van der Waals surface area contributed by atoms with Crippen LogP contribution in [0.4, 0.5) is 36.4 Å². The van der Waals surface area contributed by atoms with E-state index in [9.17, 15) is 53.8 Å². The van der Waals surface area contributed by atoms with Crippen LogP contribution in [-0.2, 0) is 36.9 Å². The second kappa shape index (κ2) is 10.1. The molecule has 41 heavy (non-hydrogen) atoms. The van der Waals surface area contributed by atoms with Gasteiger partial charge in [-0.2, -0.15) is 26.3 Å². The Morgan fingerprint density at radius 3 is 2.29 bits per heavy atom. The lowest BCUT2D eigenvalue weighted by atomic mass is 10.1. The molecule has 2 aromatic carbocycles. The molecule has 4 rings (SSSR count). The van der Waals surface area contributed by atoms with Crippen LogP contribution in [0.5, 0.6) is 5.75 Å². The fourth-order valence-corrected chi connectivity index (χ4v) is 5.85. The number of carbonyl (C=O) groups excluding carboxylic acids is 1. The number of carbonyl (C=O) groups is 2. The number of sulfonamides is 1. The summed E-state index contributed by atoms with van der Waals surface area (Å²) in [7, 11) is -4.87. The molecule has 0 spiro atoms. The fraction of sp³-hybridized carbons (Fsp3) is 0.440. The lowest BCUT2D eigenvalue weighted by Gasteiger charge is -2.36. The van der Waals surface area contributed by atoms with Crippen molar-refractivity contribution in [2.24, 2.45) is 11.8 Å². The van der Waals surface area contributed by atoms with Crippen LogP contribution in [0, 0.1) is 17.7 Å². The molecule has 0 saturated heterocycles. The van der Waals surface area contributed by atoms with Gasteiger partial charge >= 0.3 is 24.3 Å². The third kappa shape index (κ3) is 6.06. The molecule has 3 atom stereocenters. The van der Waals surface area contributed by atoms with Crippen molar-refractivity contribution in [3.63, 3.8) is 0 Å².